The van der Waals surface area contributed by atoms with Gasteiger partial charge in [0.15, 0.2) is 5.78 Å². The summed E-state index contributed by atoms with van der Waals surface area (Å²) in [5.74, 6) is -1.65. The molecule has 0 aromatic heterocycles. The van der Waals surface area contributed by atoms with Crippen molar-refractivity contribution in [1.82, 2.24) is 0 Å². The molecule has 2 rings (SSSR count). The van der Waals surface area contributed by atoms with Gasteiger partial charge >= 0.3 is 0 Å². The van der Waals surface area contributed by atoms with Gasteiger partial charge in [-0.15, -0.1) is 0 Å². The van der Waals surface area contributed by atoms with Crippen LogP contribution in [0.5, 0.6) is 0 Å². The van der Waals surface area contributed by atoms with E-state index in [4.69, 9.17) is 11.6 Å². The van der Waals surface area contributed by atoms with E-state index in [1.807, 2.05) is 0 Å². The lowest BCUT2D eigenvalue weighted by Gasteiger charge is -2.04. The molecule has 0 N–H and O–H groups in total. The van der Waals surface area contributed by atoms with Crippen LogP contribution in [0.2, 0.25) is 5.02 Å². The van der Waals surface area contributed by atoms with E-state index >= 15 is 0 Å². The van der Waals surface area contributed by atoms with Crippen LogP contribution in [0.1, 0.15) is 15.9 Å². The minimum absolute atomic E-state index is 0.125. The molecule has 0 aliphatic carbocycles. The lowest BCUT2D eigenvalue weighted by Crippen LogP contribution is -2.05. The SMILES string of the molecule is O=C(Cc1ccc(F)cc1F)c1ccc(Cl)c(Br)c1. The smallest absolute Gasteiger partial charge is 0.167 e. The molecular formula is C14H8BrClF2O. The summed E-state index contributed by atoms with van der Waals surface area (Å²) in [5, 5.41) is 0.490. The molecule has 0 heterocycles. The van der Waals surface area contributed by atoms with Crippen molar-refractivity contribution in [3.05, 3.63) is 68.7 Å². The van der Waals surface area contributed by atoms with Crippen molar-refractivity contribution in [2.45, 2.75) is 6.42 Å². The third-order valence-corrected chi connectivity index (χ3v) is 3.82. The fraction of sp³-hybridized carbons (Fsp3) is 0.0714. The number of ketones is 1. The van der Waals surface area contributed by atoms with Crippen molar-refractivity contribution in [1.29, 1.82) is 0 Å². The zero-order valence-corrected chi connectivity index (χ0v) is 11.9. The molecule has 2 aromatic carbocycles. The lowest BCUT2D eigenvalue weighted by atomic mass is 10.0. The van der Waals surface area contributed by atoms with E-state index in [0.29, 0.717) is 15.1 Å². The predicted octanol–water partition coefficient (Wildman–Crippen LogP) is 4.81. The van der Waals surface area contributed by atoms with Crippen molar-refractivity contribution in [3.8, 4) is 0 Å². The number of halogens is 4. The van der Waals surface area contributed by atoms with E-state index in [9.17, 15) is 13.6 Å². The van der Waals surface area contributed by atoms with Crippen LogP contribution in [0.4, 0.5) is 8.78 Å². The Morgan fingerprint density at radius 1 is 1.16 bits per heavy atom. The molecule has 0 fully saturated rings. The average Bonchev–Trinajstić information content (AvgIpc) is 2.36. The van der Waals surface area contributed by atoms with Gasteiger partial charge in [0, 0.05) is 22.5 Å². The highest BCUT2D eigenvalue weighted by Gasteiger charge is 2.12. The third-order valence-electron chi connectivity index (χ3n) is 2.61. The molecule has 0 radical (unpaired) electrons. The van der Waals surface area contributed by atoms with Gasteiger partial charge in [0.25, 0.3) is 0 Å². The van der Waals surface area contributed by atoms with Crippen molar-refractivity contribution in [2.24, 2.45) is 0 Å². The lowest BCUT2D eigenvalue weighted by molar-refractivity contribution is 0.0991. The first kappa shape index (κ1) is 14.2. The van der Waals surface area contributed by atoms with E-state index in [1.54, 1.807) is 18.2 Å². The first-order valence-corrected chi connectivity index (χ1v) is 6.56. The Bertz CT molecular complexity index is 643. The van der Waals surface area contributed by atoms with Crippen LogP contribution in [0.3, 0.4) is 0 Å². The Labute approximate surface area is 122 Å². The Kier molecular flexibility index (Phi) is 4.32. The molecule has 2 aromatic rings. The number of carbonyl (C=O) groups is 1. The van der Waals surface area contributed by atoms with Gasteiger partial charge in [-0.3, -0.25) is 4.79 Å². The van der Waals surface area contributed by atoms with Crippen LogP contribution in [-0.2, 0) is 6.42 Å². The second kappa shape index (κ2) is 5.80. The monoisotopic (exact) mass is 344 g/mol. The van der Waals surface area contributed by atoms with Crippen LogP contribution < -0.4 is 0 Å². The largest absolute Gasteiger partial charge is 0.294 e. The van der Waals surface area contributed by atoms with Gasteiger partial charge in [-0.2, -0.15) is 0 Å². The Morgan fingerprint density at radius 2 is 1.89 bits per heavy atom. The zero-order chi connectivity index (χ0) is 14.0. The van der Waals surface area contributed by atoms with Gasteiger partial charge in [-0.25, -0.2) is 8.78 Å². The van der Waals surface area contributed by atoms with Crippen molar-refractivity contribution >= 4 is 33.3 Å². The molecule has 98 valence electrons. The molecule has 0 bridgehead atoms. The third kappa shape index (κ3) is 3.39. The predicted molar refractivity (Wildman–Crippen MR) is 73.5 cm³/mol. The summed E-state index contributed by atoms with van der Waals surface area (Å²) in [4.78, 5) is 12.0. The minimum atomic E-state index is -0.721. The minimum Gasteiger partial charge on any atom is -0.294 e. The number of Topliss-reactive ketones (excluding diaryl/α,β-unsaturated/α-hetero) is 1. The summed E-state index contributed by atoms with van der Waals surface area (Å²) in [6.45, 7) is 0. The van der Waals surface area contributed by atoms with Gasteiger partial charge in [-0.05, 0) is 45.8 Å². The number of rotatable bonds is 3. The van der Waals surface area contributed by atoms with Gasteiger partial charge in [0.05, 0.1) is 5.02 Å². The molecule has 5 heteroatoms. The molecule has 0 spiro atoms. The molecule has 0 aliphatic rings. The summed E-state index contributed by atoms with van der Waals surface area (Å²) in [6.07, 6.45) is -0.125. The molecule has 0 saturated carbocycles. The summed E-state index contributed by atoms with van der Waals surface area (Å²) < 4.78 is 26.8. The highest BCUT2D eigenvalue weighted by atomic mass is 79.9. The number of benzene rings is 2. The van der Waals surface area contributed by atoms with E-state index in [1.165, 1.54) is 6.07 Å². The molecular weight excluding hydrogens is 338 g/mol. The van der Waals surface area contributed by atoms with Gasteiger partial charge in [0.2, 0.25) is 0 Å². The van der Waals surface area contributed by atoms with Crippen LogP contribution in [0, 0.1) is 11.6 Å². The highest BCUT2D eigenvalue weighted by Crippen LogP contribution is 2.24. The van der Waals surface area contributed by atoms with Crippen LogP contribution in [0.15, 0.2) is 40.9 Å². The van der Waals surface area contributed by atoms with Crippen LogP contribution >= 0.6 is 27.5 Å². The zero-order valence-electron chi connectivity index (χ0n) is 9.59. The quantitative estimate of drug-likeness (QED) is 0.730. The second-order valence-electron chi connectivity index (χ2n) is 3.96. The molecule has 1 nitrogen and oxygen atoms in total. The van der Waals surface area contributed by atoms with Crippen molar-refractivity contribution in [3.63, 3.8) is 0 Å². The Hall–Kier alpha value is -1.26. The number of hydrogen-bond acceptors (Lipinski definition) is 1. The maximum absolute atomic E-state index is 13.4. The highest BCUT2D eigenvalue weighted by molar-refractivity contribution is 9.10. The fourth-order valence-corrected chi connectivity index (χ4v) is 2.11. The van der Waals surface area contributed by atoms with E-state index in [0.717, 1.165) is 12.1 Å². The van der Waals surface area contributed by atoms with Crippen molar-refractivity contribution < 1.29 is 13.6 Å². The molecule has 0 unspecified atom stereocenters. The first-order chi connectivity index (χ1) is 8.97. The Morgan fingerprint density at radius 3 is 2.53 bits per heavy atom. The van der Waals surface area contributed by atoms with Crippen LogP contribution in [0.25, 0.3) is 0 Å². The van der Waals surface area contributed by atoms with Gasteiger partial charge in [0.1, 0.15) is 11.6 Å². The second-order valence-corrected chi connectivity index (χ2v) is 5.23. The summed E-state index contributed by atoms with van der Waals surface area (Å²) >= 11 is 9.04. The van der Waals surface area contributed by atoms with E-state index in [2.05, 4.69) is 15.9 Å². The molecule has 0 aliphatic heterocycles. The summed E-state index contributed by atoms with van der Waals surface area (Å²) in [7, 11) is 0. The summed E-state index contributed by atoms with van der Waals surface area (Å²) in [6, 6.07) is 7.89. The Balaban J connectivity index is 2.23. The maximum atomic E-state index is 13.4. The van der Waals surface area contributed by atoms with Gasteiger partial charge in [-0.1, -0.05) is 17.7 Å². The van der Waals surface area contributed by atoms with Crippen LogP contribution in [-0.4, -0.2) is 5.78 Å². The molecule has 0 saturated heterocycles. The van der Waals surface area contributed by atoms with Gasteiger partial charge < -0.3 is 0 Å². The average molecular weight is 346 g/mol. The first-order valence-electron chi connectivity index (χ1n) is 5.39. The normalized spacial score (nSPS) is 10.5. The standard InChI is InChI=1S/C14H8BrClF2O/c15-11-5-9(2-4-12(11)16)14(19)6-8-1-3-10(17)7-13(8)18/h1-5,7H,6H2. The molecule has 0 atom stereocenters. The van der Waals surface area contributed by atoms with Crippen molar-refractivity contribution in [2.75, 3.05) is 0 Å². The fourth-order valence-electron chi connectivity index (χ4n) is 1.61. The maximum Gasteiger partial charge on any atom is 0.167 e. The number of hydrogen-bond donors (Lipinski definition) is 0. The molecule has 0 amide bonds. The topological polar surface area (TPSA) is 17.1 Å². The summed E-state index contributed by atoms with van der Waals surface area (Å²) in [5.41, 5.74) is 0.581. The van der Waals surface area contributed by atoms with E-state index < -0.39 is 11.6 Å². The number of carbonyl (C=O) groups excluding carboxylic acids is 1. The van der Waals surface area contributed by atoms with E-state index in [-0.39, 0.29) is 17.8 Å². The molecule has 19 heavy (non-hydrogen) atoms.